The van der Waals surface area contributed by atoms with Gasteiger partial charge in [0.2, 0.25) is 5.91 Å². The molecule has 0 fully saturated rings. The Morgan fingerprint density at radius 2 is 2.19 bits per heavy atom. The first kappa shape index (κ1) is 13.1. The van der Waals surface area contributed by atoms with Crippen molar-refractivity contribution < 1.29 is 13.4 Å². The molecule has 7 heteroatoms. The van der Waals surface area contributed by atoms with Crippen molar-refractivity contribution >= 4 is 28.3 Å². The van der Waals surface area contributed by atoms with Crippen LogP contribution in [0, 0.1) is 5.82 Å². The number of primary amides is 1. The lowest BCUT2D eigenvalue weighted by molar-refractivity contribution is -0.118. The molecule has 1 aromatic carbocycles. The number of nitrogens with two attached hydrogens (primary N) is 2. The van der Waals surface area contributed by atoms with Crippen molar-refractivity contribution in [2.45, 2.75) is 10.9 Å². The van der Waals surface area contributed by atoms with E-state index in [2.05, 4.69) is 0 Å². The van der Waals surface area contributed by atoms with Crippen LogP contribution in [-0.4, -0.2) is 21.9 Å². The second kappa shape index (κ2) is 5.38. The van der Waals surface area contributed by atoms with Crippen LogP contribution in [0.3, 0.4) is 0 Å². The van der Waals surface area contributed by atoms with E-state index in [1.165, 1.54) is 12.1 Å². The average Bonchev–Trinajstić information content (AvgIpc) is 2.21. The van der Waals surface area contributed by atoms with Gasteiger partial charge in [0.05, 0.1) is 27.6 Å². The van der Waals surface area contributed by atoms with E-state index in [1.807, 2.05) is 0 Å². The standard InChI is InChI=1S/C9H10ClFN2O2S/c10-6-3-5(1-2-7(6)11)16(15)4-8(12)9(13)14/h1-3,8H,4,12H2,(H2,13,14). The fourth-order valence-corrected chi connectivity index (χ4v) is 2.36. The minimum atomic E-state index is -1.53. The summed E-state index contributed by atoms with van der Waals surface area (Å²) in [5.74, 6) is -1.44. The van der Waals surface area contributed by atoms with Crippen LogP contribution in [0.25, 0.3) is 0 Å². The van der Waals surface area contributed by atoms with Gasteiger partial charge in [-0.25, -0.2) is 4.39 Å². The molecule has 0 heterocycles. The zero-order valence-electron chi connectivity index (χ0n) is 8.15. The monoisotopic (exact) mass is 264 g/mol. The Kier molecular flexibility index (Phi) is 4.40. The maximum atomic E-state index is 12.8. The number of benzene rings is 1. The molecule has 4 N–H and O–H groups in total. The summed E-state index contributed by atoms with van der Waals surface area (Å²) in [4.78, 5) is 11.0. The third-order valence-corrected chi connectivity index (χ3v) is 3.58. The molecule has 4 nitrogen and oxygen atoms in total. The van der Waals surface area contributed by atoms with Gasteiger partial charge in [-0.2, -0.15) is 0 Å². The highest BCUT2D eigenvalue weighted by Crippen LogP contribution is 2.18. The molecule has 0 aliphatic heterocycles. The van der Waals surface area contributed by atoms with Crippen molar-refractivity contribution in [2.75, 3.05) is 5.75 Å². The van der Waals surface area contributed by atoms with Crippen LogP contribution in [0.1, 0.15) is 0 Å². The fourth-order valence-electron chi connectivity index (χ4n) is 0.960. The zero-order chi connectivity index (χ0) is 12.3. The molecule has 1 rings (SSSR count). The summed E-state index contributed by atoms with van der Waals surface area (Å²) in [5.41, 5.74) is 10.3. The Bertz CT molecular complexity index is 442. The van der Waals surface area contributed by atoms with Gasteiger partial charge in [-0.1, -0.05) is 11.6 Å². The van der Waals surface area contributed by atoms with Gasteiger partial charge < -0.3 is 11.5 Å². The third kappa shape index (κ3) is 3.26. The molecule has 0 aliphatic rings. The zero-order valence-corrected chi connectivity index (χ0v) is 9.72. The lowest BCUT2D eigenvalue weighted by atomic mass is 10.3. The molecular weight excluding hydrogens is 255 g/mol. The van der Waals surface area contributed by atoms with Gasteiger partial charge in [-0.05, 0) is 18.2 Å². The van der Waals surface area contributed by atoms with Crippen molar-refractivity contribution in [1.29, 1.82) is 0 Å². The number of halogens is 2. The number of hydrogen-bond acceptors (Lipinski definition) is 3. The summed E-state index contributed by atoms with van der Waals surface area (Å²) in [6.45, 7) is 0. The van der Waals surface area contributed by atoms with Crippen molar-refractivity contribution in [3.05, 3.63) is 29.0 Å². The first-order valence-corrected chi connectivity index (χ1v) is 6.00. The molecule has 0 aliphatic carbocycles. The molecule has 0 bridgehead atoms. The minimum Gasteiger partial charge on any atom is -0.368 e. The topological polar surface area (TPSA) is 86.2 Å². The highest BCUT2D eigenvalue weighted by atomic mass is 35.5. The molecule has 16 heavy (non-hydrogen) atoms. The first-order valence-electron chi connectivity index (χ1n) is 4.30. The van der Waals surface area contributed by atoms with Gasteiger partial charge in [0.15, 0.2) is 0 Å². The minimum absolute atomic E-state index is 0.114. The Hall–Kier alpha value is -0.980. The van der Waals surface area contributed by atoms with E-state index in [0.29, 0.717) is 4.90 Å². The summed E-state index contributed by atoms with van der Waals surface area (Å²) in [7, 11) is -1.53. The fraction of sp³-hybridized carbons (Fsp3) is 0.222. The van der Waals surface area contributed by atoms with E-state index in [-0.39, 0.29) is 10.8 Å². The Balaban J connectivity index is 2.81. The predicted octanol–water partition coefficient (Wildman–Crippen LogP) is 0.399. The molecule has 88 valence electrons. The van der Waals surface area contributed by atoms with Crippen LogP contribution in [0.15, 0.2) is 23.1 Å². The van der Waals surface area contributed by atoms with Gasteiger partial charge in [0, 0.05) is 4.90 Å². The van der Waals surface area contributed by atoms with Crippen molar-refractivity contribution in [2.24, 2.45) is 11.5 Å². The summed E-state index contributed by atoms with van der Waals surface area (Å²) < 4.78 is 24.5. The van der Waals surface area contributed by atoms with E-state index in [9.17, 15) is 13.4 Å². The maximum absolute atomic E-state index is 12.8. The summed E-state index contributed by atoms with van der Waals surface area (Å²) in [6.07, 6.45) is 0. The van der Waals surface area contributed by atoms with Gasteiger partial charge >= 0.3 is 0 Å². The molecule has 0 spiro atoms. The van der Waals surface area contributed by atoms with Crippen LogP contribution in [-0.2, 0) is 15.6 Å². The first-order chi connectivity index (χ1) is 7.41. The van der Waals surface area contributed by atoms with Crippen LogP contribution in [0.4, 0.5) is 4.39 Å². The largest absolute Gasteiger partial charge is 0.368 e. The number of hydrogen-bond donors (Lipinski definition) is 2. The maximum Gasteiger partial charge on any atom is 0.235 e. The van der Waals surface area contributed by atoms with E-state index in [0.717, 1.165) is 6.07 Å². The molecule has 2 atom stereocenters. The van der Waals surface area contributed by atoms with Crippen molar-refractivity contribution in [3.8, 4) is 0 Å². The summed E-state index contributed by atoms with van der Waals surface area (Å²) in [5, 5.41) is -0.126. The highest BCUT2D eigenvalue weighted by molar-refractivity contribution is 7.85. The number of amides is 1. The molecular formula is C9H10ClFN2O2S. The Morgan fingerprint density at radius 3 is 2.69 bits per heavy atom. The summed E-state index contributed by atoms with van der Waals surface area (Å²) in [6, 6.07) is 2.67. The van der Waals surface area contributed by atoms with Gasteiger partial charge in [-0.15, -0.1) is 0 Å². The van der Waals surface area contributed by atoms with Crippen molar-refractivity contribution in [3.63, 3.8) is 0 Å². The summed E-state index contributed by atoms with van der Waals surface area (Å²) >= 11 is 5.52. The van der Waals surface area contributed by atoms with Crippen LogP contribution < -0.4 is 11.5 Å². The van der Waals surface area contributed by atoms with E-state index >= 15 is 0 Å². The second-order valence-electron chi connectivity index (χ2n) is 3.10. The van der Waals surface area contributed by atoms with Gasteiger partial charge in [0.25, 0.3) is 0 Å². The molecule has 1 aromatic rings. The molecule has 0 saturated carbocycles. The quantitative estimate of drug-likeness (QED) is 0.825. The van der Waals surface area contributed by atoms with E-state index < -0.39 is 28.6 Å². The lowest BCUT2D eigenvalue weighted by Crippen LogP contribution is -2.40. The number of carbonyl (C=O) groups excluding carboxylic acids is 1. The van der Waals surface area contributed by atoms with Crippen LogP contribution in [0.5, 0.6) is 0 Å². The number of carbonyl (C=O) groups is 1. The van der Waals surface area contributed by atoms with E-state index in [1.54, 1.807) is 0 Å². The Morgan fingerprint density at radius 1 is 1.56 bits per heavy atom. The van der Waals surface area contributed by atoms with Gasteiger partial charge in [-0.3, -0.25) is 9.00 Å². The van der Waals surface area contributed by atoms with Crippen LogP contribution in [0.2, 0.25) is 5.02 Å². The molecule has 0 aromatic heterocycles. The molecule has 0 radical (unpaired) electrons. The second-order valence-corrected chi connectivity index (χ2v) is 5.00. The average molecular weight is 265 g/mol. The molecule has 2 unspecified atom stereocenters. The molecule has 0 saturated heterocycles. The van der Waals surface area contributed by atoms with Crippen molar-refractivity contribution in [1.82, 2.24) is 0 Å². The van der Waals surface area contributed by atoms with Crippen LogP contribution >= 0.6 is 11.6 Å². The third-order valence-electron chi connectivity index (χ3n) is 1.85. The van der Waals surface area contributed by atoms with Gasteiger partial charge in [0.1, 0.15) is 5.82 Å². The molecule has 1 amide bonds. The normalized spacial score (nSPS) is 14.4. The number of rotatable bonds is 4. The SMILES string of the molecule is NC(=O)C(N)CS(=O)c1ccc(F)c(Cl)c1. The lowest BCUT2D eigenvalue weighted by Gasteiger charge is -2.07. The Labute approximate surface area is 99.2 Å². The highest BCUT2D eigenvalue weighted by Gasteiger charge is 2.15. The smallest absolute Gasteiger partial charge is 0.235 e. The predicted molar refractivity (Wildman–Crippen MR) is 59.9 cm³/mol. The van der Waals surface area contributed by atoms with E-state index in [4.69, 9.17) is 23.1 Å².